The van der Waals surface area contributed by atoms with E-state index in [1.165, 1.54) is 0 Å². The third kappa shape index (κ3) is 3.15. The van der Waals surface area contributed by atoms with Crippen molar-refractivity contribution in [2.24, 2.45) is 0 Å². The summed E-state index contributed by atoms with van der Waals surface area (Å²) in [6.45, 7) is 1.91. The largest absolute Gasteiger partial charge is 0.497 e. The summed E-state index contributed by atoms with van der Waals surface area (Å²) in [6.07, 6.45) is 0.312. The van der Waals surface area contributed by atoms with Gasteiger partial charge in [0.2, 0.25) is 0 Å². The van der Waals surface area contributed by atoms with Crippen molar-refractivity contribution >= 4 is 17.4 Å². The van der Waals surface area contributed by atoms with Gasteiger partial charge in [0.05, 0.1) is 7.11 Å². The van der Waals surface area contributed by atoms with Crippen molar-refractivity contribution in [3.05, 3.63) is 64.2 Å². The molecule has 0 aliphatic rings. The van der Waals surface area contributed by atoms with Crippen LogP contribution >= 0.6 is 11.6 Å². The highest BCUT2D eigenvalue weighted by Crippen LogP contribution is 2.21. The van der Waals surface area contributed by atoms with Crippen LogP contribution in [0.2, 0.25) is 5.02 Å². The van der Waals surface area contributed by atoms with E-state index in [2.05, 4.69) is 0 Å². The Hall–Kier alpha value is -1.80. The zero-order valence-electron chi connectivity index (χ0n) is 10.9. The van der Waals surface area contributed by atoms with E-state index in [9.17, 15) is 4.79 Å². The molecule has 0 spiro atoms. The maximum Gasteiger partial charge on any atom is 0.167 e. The molecule has 0 heterocycles. The lowest BCUT2D eigenvalue weighted by molar-refractivity contribution is 0.0992. The van der Waals surface area contributed by atoms with E-state index in [0.29, 0.717) is 17.0 Å². The van der Waals surface area contributed by atoms with Crippen LogP contribution in [0.1, 0.15) is 21.5 Å². The van der Waals surface area contributed by atoms with Gasteiger partial charge in [-0.15, -0.1) is 0 Å². The van der Waals surface area contributed by atoms with Gasteiger partial charge in [0.1, 0.15) is 5.75 Å². The Morgan fingerprint density at radius 3 is 2.58 bits per heavy atom. The molecule has 0 unspecified atom stereocenters. The Morgan fingerprint density at radius 1 is 1.21 bits per heavy atom. The molecule has 2 nitrogen and oxygen atoms in total. The molecule has 0 fully saturated rings. The van der Waals surface area contributed by atoms with Gasteiger partial charge in [-0.3, -0.25) is 4.79 Å². The highest BCUT2D eigenvalue weighted by Gasteiger charge is 2.12. The van der Waals surface area contributed by atoms with Gasteiger partial charge in [-0.1, -0.05) is 29.8 Å². The molecule has 0 bridgehead atoms. The van der Waals surface area contributed by atoms with Crippen LogP contribution < -0.4 is 4.74 Å². The maximum absolute atomic E-state index is 12.3. The molecular weight excluding hydrogens is 260 g/mol. The Morgan fingerprint density at radius 2 is 1.95 bits per heavy atom. The molecule has 0 aliphatic carbocycles. The van der Waals surface area contributed by atoms with Gasteiger partial charge in [0, 0.05) is 17.0 Å². The third-order valence-electron chi connectivity index (χ3n) is 3.04. The van der Waals surface area contributed by atoms with E-state index in [4.69, 9.17) is 16.3 Å². The molecule has 98 valence electrons. The van der Waals surface area contributed by atoms with Crippen LogP contribution in [-0.2, 0) is 6.42 Å². The topological polar surface area (TPSA) is 26.3 Å². The minimum atomic E-state index is 0.0632. The predicted octanol–water partition coefficient (Wildman–Crippen LogP) is 4.08. The number of methoxy groups -OCH3 is 1. The van der Waals surface area contributed by atoms with E-state index in [1.807, 2.05) is 31.2 Å². The molecule has 2 aromatic rings. The SMILES string of the molecule is COc1ccc(C(=O)Cc2ccccc2Cl)c(C)c1. The first-order valence-corrected chi connectivity index (χ1v) is 6.41. The zero-order valence-corrected chi connectivity index (χ0v) is 11.7. The van der Waals surface area contributed by atoms with Gasteiger partial charge < -0.3 is 4.74 Å². The van der Waals surface area contributed by atoms with Crippen LogP contribution in [0.5, 0.6) is 5.75 Å². The van der Waals surface area contributed by atoms with Crippen molar-refractivity contribution in [3.63, 3.8) is 0 Å². The van der Waals surface area contributed by atoms with E-state index < -0.39 is 0 Å². The molecule has 0 N–H and O–H groups in total. The van der Waals surface area contributed by atoms with E-state index in [1.54, 1.807) is 25.3 Å². The second-order valence-corrected chi connectivity index (χ2v) is 4.78. The summed E-state index contributed by atoms with van der Waals surface area (Å²) in [5, 5.41) is 0.627. The Bertz CT molecular complexity index is 605. The first kappa shape index (κ1) is 13.6. The number of ketones is 1. The van der Waals surface area contributed by atoms with E-state index in [-0.39, 0.29) is 5.78 Å². The highest BCUT2D eigenvalue weighted by atomic mass is 35.5. The number of ether oxygens (including phenoxy) is 1. The fourth-order valence-corrected chi connectivity index (χ4v) is 2.19. The number of hydrogen-bond acceptors (Lipinski definition) is 2. The Balaban J connectivity index is 2.23. The monoisotopic (exact) mass is 274 g/mol. The van der Waals surface area contributed by atoms with Crippen LogP contribution in [-0.4, -0.2) is 12.9 Å². The molecule has 2 aromatic carbocycles. The summed E-state index contributed by atoms with van der Waals surface area (Å²) >= 11 is 6.07. The van der Waals surface area contributed by atoms with Crippen molar-refractivity contribution in [2.75, 3.05) is 7.11 Å². The average molecular weight is 275 g/mol. The summed E-state index contributed by atoms with van der Waals surface area (Å²) < 4.78 is 5.13. The van der Waals surface area contributed by atoms with Crippen LogP contribution in [0.25, 0.3) is 0 Å². The maximum atomic E-state index is 12.3. The van der Waals surface area contributed by atoms with Gasteiger partial charge in [0.25, 0.3) is 0 Å². The molecule has 0 aliphatic heterocycles. The lowest BCUT2D eigenvalue weighted by atomic mass is 9.99. The zero-order chi connectivity index (χ0) is 13.8. The summed E-state index contributed by atoms with van der Waals surface area (Å²) in [5.41, 5.74) is 2.47. The van der Waals surface area contributed by atoms with E-state index in [0.717, 1.165) is 16.9 Å². The quantitative estimate of drug-likeness (QED) is 0.785. The summed E-state index contributed by atoms with van der Waals surface area (Å²) in [6, 6.07) is 12.9. The van der Waals surface area contributed by atoms with Crippen LogP contribution in [0, 0.1) is 6.92 Å². The summed E-state index contributed by atoms with van der Waals surface area (Å²) in [7, 11) is 1.61. The molecule has 2 rings (SSSR count). The van der Waals surface area contributed by atoms with Crippen molar-refractivity contribution in [1.29, 1.82) is 0 Å². The minimum Gasteiger partial charge on any atom is -0.497 e. The van der Waals surface area contributed by atoms with Crippen molar-refractivity contribution in [2.45, 2.75) is 13.3 Å². The molecular formula is C16H15ClO2. The normalized spacial score (nSPS) is 10.3. The van der Waals surface area contributed by atoms with Crippen LogP contribution in [0.4, 0.5) is 0 Å². The number of carbonyl (C=O) groups excluding carboxylic acids is 1. The lowest BCUT2D eigenvalue weighted by Gasteiger charge is -2.08. The molecule has 0 saturated carbocycles. The standard InChI is InChI=1S/C16H15ClO2/c1-11-9-13(19-2)7-8-14(11)16(18)10-12-5-3-4-6-15(12)17/h3-9H,10H2,1-2H3. The fraction of sp³-hybridized carbons (Fsp3) is 0.188. The number of benzene rings is 2. The minimum absolute atomic E-state index is 0.0632. The number of rotatable bonds is 4. The second kappa shape index (κ2) is 5.89. The van der Waals surface area contributed by atoms with Gasteiger partial charge in [0.15, 0.2) is 5.78 Å². The molecule has 0 atom stereocenters. The number of carbonyl (C=O) groups is 1. The number of hydrogen-bond donors (Lipinski definition) is 0. The Labute approximate surface area is 118 Å². The fourth-order valence-electron chi connectivity index (χ4n) is 1.99. The molecule has 3 heteroatoms. The van der Waals surface area contributed by atoms with Crippen LogP contribution in [0.3, 0.4) is 0 Å². The second-order valence-electron chi connectivity index (χ2n) is 4.37. The third-order valence-corrected chi connectivity index (χ3v) is 3.41. The van der Waals surface area contributed by atoms with Crippen LogP contribution in [0.15, 0.2) is 42.5 Å². The van der Waals surface area contributed by atoms with Crippen molar-refractivity contribution in [3.8, 4) is 5.75 Å². The van der Waals surface area contributed by atoms with Gasteiger partial charge in [-0.05, 0) is 42.3 Å². The smallest absolute Gasteiger partial charge is 0.167 e. The van der Waals surface area contributed by atoms with Crippen molar-refractivity contribution in [1.82, 2.24) is 0 Å². The van der Waals surface area contributed by atoms with Crippen molar-refractivity contribution < 1.29 is 9.53 Å². The summed E-state index contributed by atoms with van der Waals surface area (Å²) in [4.78, 5) is 12.3. The average Bonchev–Trinajstić information content (AvgIpc) is 2.41. The van der Waals surface area contributed by atoms with Gasteiger partial charge in [-0.2, -0.15) is 0 Å². The predicted molar refractivity (Wildman–Crippen MR) is 77.2 cm³/mol. The van der Waals surface area contributed by atoms with Gasteiger partial charge in [-0.25, -0.2) is 0 Å². The molecule has 0 radical (unpaired) electrons. The molecule has 0 amide bonds. The molecule has 0 aromatic heterocycles. The number of halogens is 1. The molecule has 19 heavy (non-hydrogen) atoms. The first-order chi connectivity index (χ1) is 9.11. The first-order valence-electron chi connectivity index (χ1n) is 6.03. The number of Topliss-reactive ketones (excluding diaryl/α,β-unsaturated/α-hetero) is 1. The van der Waals surface area contributed by atoms with E-state index >= 15 is 0 Å². The summed E-state index contributed by atoms with van der Waals surface area (Å²) in [5.74, 6) is 0.819. The Kier molecular flexibility index (Phi) is 4.23. The highest BCUT2D eigenvalue weighted by molar-refractivity contribution is 6.31. The number of aryl methyl sites for hydroxylation is 1. The molecule has 0 saturated heterocycles. The lowest BCUT2D eigenvalue weighted by Crippen LogP contribution is -2.06. The van der Waals surface area contributed by atoms with Gasteiger partial charge >= 0.3 is 0 Å².